The molecule has 4 rings (SSSR count). The summed E-state index contributed by atoms with van der Waals surface area (Å²) in [5.74, 6) is 0.0390. The second-order valence-corrected chi connectivity index (χ2v) is 8.21. The number of rotatable bonds is 7. The molecule has 0 aliphatic rings. The summed E-state index contributed by atoms with van der Waals surface area (Å²) in [7, 11) is 0. The largest absolute Gasteiger partial charge is 0.494 e. The number of carbonyl (C=O) groups excluding carboxylic acids is 2. The molecular formula is C29H25N3O3S. The molecule has 0 unspecified atom stereocenters. The molecular weight excluding hydrogens is 470 g/mol. The first-order valence-electron chi connectivity index (χ1n) is 11.4. The first-order valence-corrected chi connectivity index (χ1v) is 11.9. The van der Waals surface area contributed by atoms with Crippen LogP contribution < -0.4 is 20.7 Å². The molecule has 0 radical (unpaired) electrons. The molecule has 7 heteroatoms. The third kappa shape index (κ3) is 6.34. The fourth-order valence-corrected chi connectivity index (χ4v) is 3.87. The average molecular weight is 496 g/mol. The number of thiocarbonyl (C=S) groups is 1. The lowest BCUT2D eigenvalue weighted by Gasteiger charge is -2.13. The van der Waals surface area contributed by atoms with E-state index in [4.69, 9.17) is 17.0 Å². The lowest BCUT2D eigenvalue weighted by Crippen LogP contribution is -2.33. The van der Waals surface area contributed by atoms with Gasteiger partial charge in [-0.1, -0.05) is 54.6 Å². The minimum absolute atomic E-state index is 0.0869. The SMILES string of the molecule is CCOc1ccc(NC(=O)c2ccccc2NC(=S)NC(=O)C=Cc2cccc3ccccc23)cc1. The van der Waals surface area contributed by atoms with Crippen LogP contribution in [0.3, 0.4) is 0 Å². The summed E-state index contributed by atoms with van der Waals surface area (Å²) in [6.45, 7) is 2.48. The number of benzene rings is 4. The van der Waals surface area contributed by atoms with Gasteiger partial charge in [-0.05, 0) is 78.0 Å². The normalized spacial score (nSPS) is 10.7. The second-order valence-electron chi connectivity index (χ2n) is 7.80. The number of ether oxygens (including phenoxy) is 1. The summed E-state index contributed by atoms with van der Waals surface area (Å²) in [4.78, 5) is 25.4. The molecule has 0 saturated carbocycles. The highest BCUT2D eigenvalue weighted by molar-refractivity contribution is 7.80. The standard InChI is InChI=1S/C29H25N3O3S/c1-2-35-23-17-15-22(16-18-23)30-28(34)25-12-5-6-13-26(25)31-29(36)32-27(33)19-14-21-10-7-9-20-8-3-4-11-24(20)21/h3-19H,2H2,1H3,(H,30,34)(H2,31,32,33,36). The van der Waals surface area contributed by atoms with Gasteiger partial charge in [0.15, 0.2) is 5.11 Å². The Morgan fingerprint density at radius 3 is 2.39 bits per heavy atom. The van der Waals surface area contributed by atoms with Crippen molar-refractivity contribution in [3.05, 3.63) is 108 Å². The van der Waals surface area contributed by atoms with Gasteiger partial charge in [0.2, 0.25) is 5.91 Å². The number of carbonyl (C=O) groups is 2. The number of hydrogen-bond donors (Lipinski definition) is 3. The van der Waals surface area contributed by atoms with E-state index < -0.39 is 0 Å². The van der Waals surface area contributed by atoms with Crippen molar-refractivity contribution in [3.63, 3.8) is 0 Å². The Morgan fingerprint density at radius 2 is 1.58 bits per heavy atom. The van der Waals surface area contributed by atoms with Gasteiger partial charge in [0.05, 0.1) is 17.9 Å². The number of nitrogens with one attached hydrogen (secondary N) is 3. The van der Waals surface area contributed by atoms with E-state index in [-0.39, 0.29) is 16.9 Å². The van der Waals surface area contributed by atoms with E-state index in [1.54, 1.807) is 54.6 Å². The Labute approximate surface area is 215 Å². The molecule has 0 aliphatic carbocycles. The van der Waals surface area contributed by atoms with Gasteiger partial charge < -0.3 is 15.4 Å². The van der Waals surface area contributed by atoms with Crippen LogP contribution in [-0.2, 0) is 4.79 Å². The van der Waals surface area contributed by atoms with Crippen molar-refractivity contribution < 1.29 is 14.3 Å². The lowest BCUT2D eigenvalue weighted by molar-refractivity contribution is -0.115. The summed E-state index contributed by atoms with van der Waals surface area (Å²) < 4.78 is 5.43. The van der Waals surface area contributed by atoms with Gasteiger partial charge in [-0.3, -0.25) is 14.9 Å². The van der Waals surface area contributed by atoms with Crippen LogP contribution in [0.4, 0.5) is 11.4 Å². The summed E-state index contributed by atoms with van der Waals surface area (Å²) in [5.41, 5.74) is 2.42. The topological polar surface area (TPSA) is 79.5 Å². The molecule has 36 heavy (non-hydrogen) atoms. The fourth-order valence-electron chi connectivity index (χ4n) is 3.66. The zero-order chi connectivity index (χ0) is 25.3. The van der Waals surface area contributed by atoms with Crippen molar-refractivity contribution in [1.82, 2.24) is 5.32 Å². The van der Waals surface area contributed by atoms with Crippen LogP contribution in [-0.4, -0.2) is 23.5 Å². The molecule has 180 valence electrons. The third-order valence-corrected chi connectivity index (χ3v) is 5.52. The maximum Gasteiger partial charge on any atom is 0.257 e. The van der Waals surface area contributed by atoms with Gasteiger partial charge in [-0.15, -0.1) is 0 Å². The summed E-state index contributed by atoms with van der Waals surface area (Å²) in [5, 5.41) is 10.7. The van der Waals surface area contributed by atoms with Gasteiger partial charge in [-0.2, -0.15) is 0 Å². The quantitative estimate of drug-likeness (QED) is 0.216. The van der Waals surface area contributed by atoms with E-state index in [0.29, 0.717) is 23.5 Å². The van der Waals surface area contributed by atoms with Crippen molar-refractivity contribution in [2.24, 2.45) is 0 Å². The molecule has 4 aromatic rings. The Bertz CT molecular complexity index is 1430. The zero-order valence-electron chi connectivity index (χ0n) is 19.7. The fraction of sp³-hybridized carbons (Fsp3) is 0.0690. The minimum Gasteiger partial charge on any atom is -0.494 e. The first-order chi connectivity index (χ1) is 17.5. The van der Waals surface area contributed by atoms with Crippen molar-refractivity contribution in [1.29, 1.82) is 0 Å². The molecule has 6 nitrogen and oxygen atoms in total. The van der Waals surface area contributed by atoms with Crippen LogP contribution >= 0.6 is 12.2 Å². The van der Waals surface area contributed by atoms with Gasteiger partial charge in [0.25, 0.3) is 5.91 Å². The highest BCUT2D eigenvalue weighted by Gasteiger charge is 2.13. The van der Waals surface area contributed by atoms with E-state index in [9.17, 15) is 9.59 Å². The summed E-state index contributed by atoms with van der Waals surface area (Å²) in [6, 6.07) is 27.9. The predicted octanol–water partition coefficient (Wildman–Crippen LogP) is 6.02. The van der Waals surface area contributed by atoms with Gasteiger partial charge in [0.1, 0.15) is 5.75 Å². The number of fused-ring (bicyclic) bond motifs is 1. The lowest BCUT2D eigenvalue weighted by atomic mass is 10.0. The molecule has 0 atom stereocenters. The maximum absolute atomic E-state index is 12.9. The van der Waals surface area contributed by atoms with Gasteiger partial charge >= 0.3 is 0 Å². The third-order valence-electron chi connectivity index (χ3n) is 5.32. The van der Waals surface area contributed by atoms with Gasteiger partial charge in [-0.25, -0.2) is 0 Å². The maximum atomic E-state index is 12.9. The van der Waals surface area contributed by atoms with Crippen molar-refractivity contribution in [2.75, 3.05) is 17.2 Å². The van der Waals surface area contributed by atoms with Crippen LogP contribution in [0.15, 0.2) is 97.1 Å². The van der Waals surface area contributed by atoms with Crippen LogP contribution in [0.25, 0.3) is 16.8 Å². The Kier molecular flexibility index (Phi) is 8.05. The van der Waals surface area contributed by atoms with Crippen LogP contribution in [0.2, 0.25) is 0 Å². The Balaban J connectivity index is 1.39. The number of para-hydroxylation sites is 1. The smallest absolute Gasteiger partial charge is 0.257 e. The second kappa shape index (κ2) is 11.8. The van der Waals surface area contributed by atoms with E-state index in [1.807, 2.05) is 49.4 Å². The predicted molar refractivity (Wildman–Crippen MR) is 149 cm³/mol. The summed E-state index contributed by atoms with van der Waals surface area (Å²) in [6.07, 6.45) is 3.18. The van der Waals surface area contributed by atoms with Crippen LogP contribution in [0, 0.1) is 0 Å². The van der Waals surface area contributed by atoms with Gasteiger partial charge in [0, 0.05) is 11.8 Å². The van der Waals surface area contributed by atoms with Crippen molar-refractivity contribution in [2.45, 2.75) is 6.92 Å². The molecule has 0 bridgehead atoms. The molecule has 0 aromatic heterocycles. The summed E-state index contributed by atoms with van der Waals surface area (Å²) >= 11 is 5.31. The molecule has 0 fully saturated rings. The monoisotopic (exact) mass is 495 g/mol. The van der Waals surface area contributed by atoms with E-state index in [2.05, 4.69) is 16.0 Å². The van der Waals surface area contributed by atoms with Crippen LogP contribution in [0.1, 0.15) is 22.8 Å². The highest BCUT2D eigenvalue weighted by atomic mass is 32.1. The average Bonchev–Trinajstić information content (AvgIpc) is 2.89. The number of amides is 2. The molecule has 0 saturated heterocycles. The minimum atomic E-state index is -0.378. The molecule has 0 aliphatic heterocycles. The van der Waals surface area contributed by atoms with Crippen molar-refractivity contribution >= 4 is 57.4 Å². The number of hydrogen-bond acceptors (Lipinski definition) is 4. The molecule has 4 aromatic carbocycles. The number of anilines is 2. The van der Waals surface area contributed by atoms with Crippen molar-refractivity contribution in [3.8, 4) is 5.75 Å². The molecule has 2 amide bonds. The highest BCUT2D eigenvalue weighted by Crippen LogP contribution is 2.21. The first kappa shape index (κ1) is 24.6. The van der Waals surface area contributed by atoms with E-state index in [1.165, 1.54) is 6.08 Å². The Morgan fingerprint density at radius 1 is 0.861 bits per heavy atom. The molecule has 3 N–H and O–H groups in total. The van der Waals surface area contributed by atoms with E-state index >= 15 is 0 Å². The Hall–Kier alpha value is -4.49. The zero-order valence-corrected chi connectivity index (χ0v) is 20.5. The molecule has 0 spiro atoms. The van der Waals surface area contributed by atoms with Crippen LogP contribution in [0.5, 0.6) is 5.75 Å². The molecule has 0 heterocycles. The van der Waals surface area contributed by atoms with E-state index in [0.717, 1.165) is 22.1 Å².